The van der Waals surface area contributed by atoms with Gasteiger partial charge in [0.2, 0.25) is 10.0 Å². The lowest BCUT2D eigenvalue weighted by atomic mass is 10.1. The van der Waals surface area contributed by atoms with Crippen LogP contribution in [-0.2, 0) is 29.4 Å². The highest BCUT2D eigenvalue weighted by Crippen LogP contribution is 2.26. The van der Waals surface area contributed by atoms with Crippen molar-refractivity contribution in [2.24, 2.45) is 0 Å². The van der Waals surface area contributed by atoms with Crippen LogP contribution in [0.5, 0.6) is 0 Å². The molecule has 0 amide bonds. The minimum Gasteiger partial charge on any atom is -0.207 e. The topological polar surface area (TPSA) is 37.4 Å². The normalized spacial score (nSPS) is 14.2. The summed E-state index contributed by atoms with van der Waals surface area (Å²) >= 11 is 1.68. The van der Waals surface area contributed by atoms with Gasteiger partial charge in [-0.3, -0.25) is 0 Å². The van der Waals surface area contributed by atoms with E-state index < -0.39 is 10.0 Å². The molecule has 2 aromatic carbocycles. The second-order valence-corrected chi connectivity index (χ2v) is 8.82. The first-order valence-electron chi connectivity index (χ1n) is 7.72. The molecular formula is C18H21NO2S2. The summed E-state index contributed by atoms with van der Waals surface area (Å²) in [5.41, 5.74) is 3.47. The minimum atomic E-state index is -3.45. The molecule has 0 saturated carbocycles. The molecule has 23 heavy (non-hydrogen) atoms. The summed E-state index contributed by atoms with van der Waals surface area (Å²) < 4.78 is 27.0. The number of rotatable bonds is 5. The standard InChI is InChI=1S/C18H21NO2S2/c1-19(13-14-6-9-17(22-2)10-7-14)23(20,21)18-11-8-15-4-3-5-16(15)12-18/h6-12H,3-5,13H2,1-2H3. The van der Waals surface area contributed by atoms with Crippen molar-refractivity contribution in [2.45, 2.75) is 35.6 Å². The molecule has 0 N–H and O–H groups in total. The third-order valence-electron chi connectivity index (χ3n) is 4.34. The average Bonchev–Trinajstić information content (AvgIpc) is 3.03. The highest BCUT2D eigenvalue weighted by atomic mass is 32.2. The van der Waals surface area contributed by atoms with E-state index in [0.29, 0.717) is 11.4 Å². The predicted molar refractivity (Wildman–Crippen MR) is 95.3 cm³/mol. The smallest absolute Gasteiger partial charge is 0.207 e. The lowest BCUT2D eigenvalue weighted by molar-refractivity contribution is 0.466. The van der Waals surface area contributed by atoms with Gasteiger partial charge in [0.25, 0.3) is 0 Å². The van der Waals surface area contributed by atoms with Gasteiger partial charge < -0.3 is 0 Å². The average molecular weight is 348 g/mol. The quantitative estimate of drug-likeness (QED) is 0.774. The Morgan fingerprint density at radius 2 is 1.74 bits per heavy atom. The highest BCUT2D eigenvalue weighted by Gasteiger charge is 2.23. The maximum absolute atomic E-state index is 12.8. The Hall–Kier alpha value is -1.30. The fourth-order valence-electron chi connectivity index (χ4n) is 2.96. The van der Waals surface area contributed by atoms with Crippen molar-refractivity contribution in [3.8, 4) is 0 Å². The fraction of sp³-hybridized carbons (Fsp3) is 0.333. The molecule has 1 aliphatic carbocycles. The van der Waals surface area contributed by atoms with Crippen LogP contribution in [0.2, 0.25) is 0 Å². The van der Waals surface area contributed by atoms with Gasteiger partial charge in [-0.05, 0) is 66.5 Å². The number of nitrogens with zero attached hydrogens (tertiary/aromatic N) is 1. The Kier molecular flexibility index (Phi) is 4.80. The zero-order valence-corrected chi connectivity index (χ0v) is 15.1. The lowest BCUT2D eigenvalue weighted by Gasteiger charge is -2.18. The van der Waals surface area contributed by atoms with E-state index in [0.717, 1.165) is 24.8 Å². The maximum atomic E-state index is 12.8. The molecule has 0 radical (unpaired) electrons. The molecule has 3 rings (SSSR count). The molecule has 3 nitrogen and oxygen atoms in total. The summed E-state index contributed by atoms with van der Waals surface area (Å²) in [4.78, 5) is 1.58. The van der Waals surface area contributed by atoms with E-state index >= 15 is 0 Å². The van der Waals surface area contributed by atoms with Gasteiger partial charge in [0.1, 0.15) is 0 Å². The van der Waals surface area contributed by atoms with E-state index in [1.807, 2.05) is 42.7 Å². The monoisotopic (exact) mass is 347 g/mol. The summed E-state index contributed by atoms with van der Waals surface area (Å²) in [5.74, 6) is 0. The minimum absolute atomic E-state index is 0.383. The van der Waals surface area contributed by atoms with Gasteiger partial charge in [-0.2, -0.15) is 4.31 Å². The van der Waals surface area contributed by atoms with Gasteiger partial charge in [0.05, 0.1) is 4.90 Å². The Morgan fingerprint density at radius 3 is 2.43 bits per heavy atom. The Labute approximate surface area is 142 Å². The van der Waals surface area contributed by atoms with Crippen molar-refractivity contribution in [1.82, 2.24) is 4.31 Å². The zero-order chi connectivity index (χ0) is 16.4. The third-order valence-corrected chi connectivity index (χ3v) is 6.89. The molecule has 0 aromatic heterocycles. The SMILES string of the molecule is CSc1ccc(CN(C)S(=O)(=O)c2ccc3c(c2)CCC3)cc1. The fourth-order valence-corrected chi connectivity index (χ4v) is 4.58. The van der Waals surface area contributed by atoms with Crippen LogP contribution >= 0.6 is 11.8 Å². The summed E-state index contributed by atoms with van der Waals surface area (Å²) in [6.45, 7) is 0.383. The van der Waals surface area contributed by atoms with Crippen LogP contribution in [0.1, 0.15) is 23.1 Å². The largest absolute Gasteiger partial charge is 0.243 e. The zero-order valence-electron chi connectivity index (χ0n) is 13.5. The van der Waals surface area contributed by atoms with E-state index in [4.69, 9.17) is 0 Å². The summed E-state index contributed by atoms with van der Waals surface area (Å²) in [5, 5.41) is 0. The van der Waals surface area contributed by atoms with Gasteiger partial charge in [0.15, 0.2) is 0 Å². The van der Waals surface area contributed by atoms with Crippen molar-refractivity contribution in [1.29, 1.82) is 0 Å². The van der Waals surface area contributed by atoms with Crippen molar-refractivity contribution < 1.29 is 8.42 Å². The van der Waals surface area contributed by atoms with Crippen molar-refractivity contribution in [2.75, 3.05) is 13.3 Å². The van der Waals surface area contributed by atoms with Crippen LogP contribution in [-0.4, -0.2) is 26.0 Å². The van der Waals surface area contributed by atoms with Crippen molar-refractivity contribution in [3.05, 3.63) is 59.2 Å². The molecule has 0 bridgehead atoms. The molecule has 0 atom stereocenters. The number of thioether (sulfide) groups is 1. The molecule has 0 heterocycles. The van der Waals surface area contributed by atoms with Gasteiger partial charge in [-0.15, -0.1) is 11.8 Å². The first-order chi connectivity index (χ1) is 11.0. The number of benzene rings is 2. The molecule has 0 unspecified atom stereocenters. The number of hydrogen-bond donors (Lipinski definition) is 0. The van der Waals surface area contributed by atoms with Crippen molar-refractivity contribution in [3.63, 3.8) is 0 Å². The Bertz CT molecular complexity index is 798. The van der Waals surface area contributed by atoms with Crippen LogP contribution in [0.15, 0.2) is 52.3 Å². The molecular weight excluding hydrogens is 326 g/mol. The number of sulfonamides is 1. The second kappa shape index (κ2) is 6.67. The number of hydrogen-bond acceptors (Lipinski definition) is 3. The molecule has 122 valence electrons. The molecule has 0 saturated heterocycles. The van der Waals surface area contributed by atoms with Crippen LogP contribution < -0.4 is 0 Å². The van der Waals surface area contributed by atoms with E-state index in [-0.39, 0.29) is 0 Å². The molecule has 0 spiro atoms. The Balaban J connectivity index is 1.80. The number of fused-ring (bicyclic) bond motifs is 1. The van der Waals surface area contributed by atoms with Crippen LogP contribution in [0.25, 0.3) is 0 Å². The second-order valence-electron chi connectivity index (χ2n) is 5.89. The van der Waals surface area contributed by atoms with Gasteiger partial charge in [0, 0.05) is 18.5 Å². The molecule has 5 heteroatoms. The predicted octanol–water partition coefficient (Wildman–Crippen LogP) is 3.72. The van der Waals surface area contributed by atoms with E-state index in [2.05, 4.69) is 0 Å². The first-order valence-corrected chi connectivity index (χ1v) is 10.4. The van der Waals surface area contributed by atoms with Crippen LogP contribution in [0.4, 0.5) is 0 Å². The van der Waals surface area contributed by atoms with Gasteiger partial charge in [-0.25, -0.2) is 8.42 Å². The van der Waals surface area contributed by atoms with Gasteiger partial charge >= 0.3 is 0 Å². The molecule has 2 aromatic rings. The van der Waals surface area contributed by atoms with E-state index in [1.165, 1.54) is 20.3 Å². The molecule has 0 aliphatic heterocycles. The highest BCUT2D eigenvalue weighted by molar-refractivity contribution is 7.98. The lowest BCUT2D eigenvalue weighted by Crippen LogP contribution is -2.26. The molecule has 0 fully saturated rings. The summed E-state index contributed by atoms with van der Waals surface area (Å²) in [6.07, 6.45) is 5.20. The maximum Gasteiger partial charge on any atom is 0.243 e. The summed E-state index contributed by atoms with van der Waals surface area (Å²) in [7, 11) is -1.80. The van der Waals surface area contributed by atoms with Crippen molar-refractivity contribution >= 4 is 21.8 Å². The first kappa shape index (κ1) is 16.6. The van der Waals surface area contributed by atoms with Crippen LogP contribution in [0, 0.1) is 0 Å². The summed E-state index contributed by atoms with van der Waals surface area (Å²) in [6, 6.07) is 13.6. The van der Waals surface area contributed by atoms with E-state index in [1.54, 1.807) is 24.9 Å². The van der Waals surface area contributed by atoms with Crippen LogP contribution in [0.3, 0.4) is 0 Å². The number of aryl methyl sites for hydroxylation is 2. The van der Waals surface area contributed by atoms with E-state index in [9.17, 15) is 8.42 Å². The third kappa shape index (κ3) is 3.47. The Morgan fingerprint density at radius 1 is 1.04 bits per heavy atom. The molecule has 1 aliphatic rings. The van der Waals surface area contributed by atoms with Gasteiger partial charge in [-0.1, -0.05) is 18.2 Å².